The van der Waals surface area contributed by atoms with E-state index >= 15 is 0 Å². The van der Waals surface area contributed by atoms with Crippen molar-refractivity contribution < 1.29 is 9.90 Å². The van der Waals surface area contributed by atoms with Crippen molar-refractivity contribution in [3.8, 4) is 0 Å². The summed E-state index contributed by atoms with van der Waals surface area (Å²) in [7, 11) is 2.75. The van der Waals surface area contributed by atoms with E-state index in [-0.39, 0.29) is 43.9 Å². The summed E-state index contributed by atoms with van der Waals surface area (Å²) in [5.74, 6) is 0. The van der Waals surface area contributed by atoms with Crippen molar-refractivity contribution in [3.05, 3.63) is 13.2 Å². The first kappa shape index (κ1) is 25.4. The Bertz CT molecular complexity index is 21.2. The largest absolute Gasteiger partial charge is 2.00 e. The van der Waals surface area contributed by atoms with Gasteiger partial charge in [0.05, 0.1) is 0 Å². The minimum absolute atomic E-state index is 0. The van der Waals surface area contributed by atoms with Crippen molar-refractivity contribution in [1.82, 2.24) is 0 Å². The predicted molar refractivity (Wildman–Crippen MR) is 28.9 cm³/mol. The molecule has 0 aliphatic heterocycles. The second-order valence-electron chi connectivity index (χ2n) is 0.0913. The molecule has 0 saturated heterocycles. The molecule has 0 radical (unpaired) electrons. The van der Waals surface area contributed by atoms with Crippen LogP contribution in [0, 0.1) is 7.05 Å². The minimum atomic E-state index is 0. The maximum Gasteiger partial charge on any atom is 2.00 e. The number of hydrogen-bond acceptors (Lipinski definition) is 2. The van der Waals surface area contributed by atoms with Crippen LogP contribution >= 0.6 is 0 Å². The van der Waals surface area contributed by atoms with Crippen molar-refractivity contribution in [2.45, 2.75) is 0 Å². The Morgan fingerprint density at radius 2 is 1.57 bits per heavy atom. The third kappa shape index (κ3) is 341. The molecule has 5 heteroatoms. The van der Waals surface area contributed by atoms with E-state index in [1.165, 1.54) is 0 Å². The maximum atomic E-state index is 8.24. The molecule has 5 N–H and O–H groups in total. The van der Waals surface area contributed by atoms with E-state index in [0.29, 0.717) is 6.47 Å². The Balaban J connectivity index is -0.0000000105. The second kappa shape index (κ2) is 78.0. The number of hydrogen-bond donors (Lipinski definition) is 2. The van der Waals surface area contributed by atoms with Gasteiger partial charge in [-0.25, -0.2) is 0 Å². The van der Waals surface area contributed by atoms with Crippen LogP contribution in [0.3, 0.4) is 0 Å². The van der Waals surface area contributed by atoms with Crippen molar-refractivity contribution in [2.24, 2.45) is 5.73 Å². The molecule has 0 unspecified atom stereocenters. The van der Waals surface area contributed by atoms with Crippen molar-refractivity contribution >= 4 is 44.2 Å². The van der Waals surface area contributed by atoms with Gasteiger partial charge in [0, 0.05) is 0 Å². The Labute approximate surface area is 72.7 Å². The second-order valence-corrected chi connectivity index (χ2v) is 0.0913. The molecule has 0 saturated carbocycles. The SMILES string of the molecule is O=[C-]O.[CH2-]N.[Ca+2].[NH2-]. The van der Waals surface area contributed by atoms with Gasteiger partial charge in [-0.3, -0.25) is 7.05 Å². The molecule has 7 heavy (non-hydrogen) atoms. The topological polar surface area (TPSA) is 96.8 Å². The van der Waals surface area contributed by atoms with Crippen LogP contribution in [-0.4, -0.2) is 49.3 Å². The van der Waals surface area contributed by atoms with Gasteiger partial charge in [-0.15, -0.1) is 0 Å². The smallest absolute Gasteiger partial charge is 0.693 e. The molecule has 0 atom stereocenters. The van der Waals surface area contributed by atoms with Crippen LogP contribution in [-0.2, 0) is 4.79 Å². The summed E-state index contributed by atoms with van der Waals surface area (Å²) in [5, 5.41) is 6.76. The molecule has 40 valence electrons. The number of aliphatic hydroxyl groups excluding tert-OH is 1. The van der Waals surface area contributed by atoms with Crippen LogP contribution in [0.15, 0.2) is 0 Å². The van der Waals surface area contributed by atoms with Gasteiger partial charge in [0.2, 0.25) is 0 Å². The number of nitrogens with two attached hydrogens (primary N) is 2. The molecule has 0 spiro atoms. The zero-order valence-corrected chi connectivity index (χ0v) is 6.13. The van der Waals surface area contributed by atoms with E-state index in [1.54, 1.807) is 0 Å². The minimum Gasteiger partial charge on any atom is -0.693 e. The summed E-state index contributed by atoms with van der Waals surface area (Å²) in [5.41, 5.74) is 4.25. The van der Waals surface area contributed by atoms with Crippen LogP contribution in [0.4, 0.5) is 0 Å². The quantitative estimate of drug-likeness (QED) is 0.348. The fraction of sp³-hybridized carbons (Fsp3) is 0. The first-order valence-electron chi connectivity index (χ1n) is 0.836. The van der Waals surface area contributed by atoms with Gasteiger partial charge in [0.1, 0.15) is 0 Å². The van der Waals surface area contributed by atoms with Gasteiger partial charge in [-0.05, 0) is 0 Å². The average molecular weight is 131 g/mol. The number of rotatable bonds is 0. The van der Waals surface area contributed by atoms with E-state index in [0.717, 1.165) is 0 Å². The van der Waals surface area contributed by atoms with Gasteiger partial charge < -0.3 is 21.8 Å². The molecule has 0 rings (SSSR count). The molecule has 0 aliphatic rings. The summed E-state index contributed by atoms with van der Waals surface area (Å²) >= 11 is 0. The molecule has 0 heterocycles. The Morgan fingerprint density at radius 3 is 1.57 bits per heavy atom. The van der Waals surface area contributed by atoms with Crippen molar-refractivity contribution in [2.75, 3.05) is 0 Å². The van der Waals surface area contributed by atoms with Crippen LogP contribution in [0.5, 0.6) is 0 Å². The first-order chi connectivity index (χ1) is 2.41. The van der Waals surface area contributed by atoms with Crippen LogP contribution in [0.1, 0.15) is 0 Å². The normalized spacial score (nSPS) is 2.57. The molecular weight excluding hydrogens is 124 g/mol. The van der Waals surface area contributed by atoms with E-state index < -0.39 is 0 Å². The summed E-state index contributed by atoms with van der Waals surface area (Å²) in [6.07, 6.45) is 0. The molecule has 0 bridgehead atoms. The van der Waals surface area contributed by atoms with Crippen LogP contribution in [0.2, 0.25) is 0 Å². The zero-order chi connectivity index (χ0) is 4.71. The fourth-order valence-corrected chi connectivity index (χ4v) is 0. The first-order valence-corrected chi connectivity index (χ1v) is 0.836. The predicted octanol–water partition coefficient (Wildman–Crippen LogP) is -0.315. The van der Waals surface area contributed by atoms with Crippen LogP contribution in [0.25, 0.3) is 6.15 Å². The molecule has 0 amide bonds. The van der Waals surface area contributed by atoms with E-state index in [9.17, 15) is 0 Å². The van der Waals surface area contributed by atoms with Gasteiger partial charge in [0.15, 0.2) is 0 Å². The third-order valence-electron chi connectivity index (χ3n) is 0. The molecular formula is C2H7CaN2O2-. The molecule has 0 aromatic rings. The van der Waals surface area contributed by atoms with Gasteiger partial charge >= 0.3 is 37.7 Å². The monoisotopic (exact) mass is 131 g/mol. The molecule has 0 aliphatic carbocycles. The average Bonchev–Trinajstić information content (AvgIpc) is 1.46. The van der Waals surface area contributed by atoms with E-state index in [2.05, 4.69) is 12.8 Å². The summed E-state index contributed by atoms with van der Waals surface area (Å²) in [6.45, 7) is 0.500. The maximum absolute atomic E-state index is 8.24. The van der Waals surface area contributed by atoms with Gasteiger partial charge in [0.25, 0.3) is 0 Å². The van der Waals surface area contributed by atoms with Crippen LogP contribution < -0.4 is 5.73 Å². The summed E-state index contributed by atoms with van der Waals surface area (Å²) in [6, 6.07) is 0. The summed E-state index contributed by atoms with van der Waals surface area (Å²) in [4.78, 5) is 8.24. The zero-order valence-electron chi connectivity index (χ0n) is 3.92. The van der Waals surface area contributed by atoms with Crippen molar-refractivity contribution in [3.63, 3.8) is 0 Å². The van der Waals surface area contributed by atoms with Gasteiger partial charge in [-0.2, -0.15) is 0 Å². The third-order valence-corrected chi connectivity index (χ3v) is 0. The van der Waals surface area contributed by atoms with Crippen molar-refractivity contribution in [1.29, 1.82) is 0 Å². The molecule has 4 nitrogen and oxygen atoms in total. The summed E-state index contributed by atoms with van der Waals surface area (Å²) < 4.78 is 0. The molecule has 0 aromatic heterocycles. The molecule has 0 aromatic carbocycles. The Kier molecular flexibility index (Phi) is 283. The van der Waals surface area contributed by atoms with Gasteiger partial charge in [-0.1, -0.05) is 6.47 Å². The molecule has 0 fully saturated rings. The fourth-order valence-electron chi connectivity index (χ4n) is 0. The standard InChI is InChI=1S/CH4N.CHO2.Ca.H2N/c1-2;2-1-3;;/h1-2H2;(H,2,3);;1H2/q2*-1;+2;-1. The Hall–Kier alpha value is 0.650. The Morgan fingerprint density at radius 1 is 1.57 bits per heavy atom. The van der Waals surface area contributed by atoms with E-state index in [4.69, 9.17) is 9.90 Å². The van der Waals surface area contributed by atoms with E-state index in [1.807, 2.05) is 0 Å².